The number of esters is 1. The van der Waals surface area contributed by atoms with Crippen molar-refractivity contribution in [2.24, 2.45) is 0 Å². The highest BCUT2D eigenvalue weighted by molar-refractivity contribution is 5.90. The van der Waals surface area contributed by atoms with Crippen molar-refractivity contribution < 1.29 is 14.3 Å². The molecule has 0 unspecified atom stereocenters. The Morgan fingerprint density at radius 1 is 1.27 bits per heavy atom. The van der Waals surface area contributed by atoms with Crippen molar-refractivity contribution in [1.82, 2.24) is 0 Å². The monoisotopic (exact) mass is 202 g/mol. The summed E-state index contributed by atoms with van der Waals surface area (Å²) in [5, 5.41) is 0. The van der Waals surface area contributed by atoms with Gasteiger partial charge in [-0.1, -0.05) is 18.2 Å². The van der Waals surface area contributed by atoms with Crippen molar-refractivity contribution >= 4 is 5.97 Å². The molecule has 1 aromatic rings. The van der Waals surface area contributed by atoms with E-state index in [2.05, 4.69) is 0 Å². The normalized spacial score (nSPS) is 14.0. The van der Waals surface area contributed by atoms with E-state index < -0.39 is 0 Å². The number of benzene rings is 1. The van der Waals surface area contributed by atoms with Crippen LogP contribution < -0.4 is 0 Å². The number of carbonyl (C=O) groups excluding carboxylic acids is 1. The number of hydrogen-bond donors (Lipinski definition) is 0. The van der Waals surface area contributed by atoms with Crippen LogP contribution in [0.2, 0.25) is 0 Å². The molecule has 0 N–H and O–H groups in total. The van der Waals surface area contributed by atoms with E-state index in [9.17, 15) is 4.79 Å². The highest BCUT2D eigenvalue weighted by Gasteiger charge is 2.08. The summed E-state index contributed by atoms with van der Waals surface area (Å²) >= 11 is 0. The maximum absolute atomic E-state index is 11.6. The van der Waals surface area contributed by atoms with Crippen LogP contribution in [0.5, 0.6) is 0 Å². The average Bonchev–Trinajstić information content (AvgIpc) is 2.31. The van der Waals surface area contributed by atoms with Crippen molar-refractivity contribution in [1.29, 1.82) is 0 Å². The van der Waals surface area contributed by atoms with Gasteiger partial charge < -0.3 is 9.47 Å². The van der Waals surface area contributed by atoms with Crippen molar-refractivity contribution in [3.63, 3.8) is 0 Å². The maximum atomic E-state index is 11.6. The first-order chi connectivity index (χ1) is 7.36. The van der Waals surface area contributed by atoms with Gasteiger partial charge in [0, 0.05) is 6.08 Å². The molecule has 0 saturated carbocycles. The van der Waals surface area contributed by atoms with Gasteiger partial charge in [-0.05, 0) is 18.2 Å². The van der Waals surface area contributed by atoms with E-state index in [1.807, 2.05) is 6.07 Å². The SMILES string of the molecule is O=C(OC1=CCOC=C1)c1ccccc1. The van der Waals surface area contributed by atoms with Gasteiger partial charge >= 0.3 is 5.97 Å². The molecular formula is C12H10O3. The fourth-order valence-corrected chi connectivity index (χ4v) is 1.18. The average molecular weight is 202 g/mol. The summed E-state index contributed by atoms with van der Waals surface area (Å²) in [5.41, 5.74) is 0.540. The van der Waals surface area contributed by atoms with Crippen molar-refractivity contribution in [3.8, 4) is 0 Å². The summed E-state index contributed by atoms with van der Waals surface area (Å²) in [6.45, 7) is 0.438. The third kappa shape index (κ3) is 2.47. The van der Waals surface area contributed by atoms with Gasteiger partial charge in [-0.15, -0.1) is 0 Å². The molecule has 3 nitrogen and oxygen atoms in total. The molecule has 0 aliphatic carbocycles. The van der Waals surface area contributed by atoms with Crippen LogP contribution in [0, 0.1) is 0 Å². The summed E-state index contributed by atoms with van der Waals surface area (Å²) in [6, 6.07) is 8.87. The van der Waals surface area contributed by atoms with Crippen molar-refractivity contribution in [2.75, 3.05) is 6.61 Å². The third-order valence-corrected chi connectivity index (χ3v) is 1.93. The van der Waals surface area contributed by atoms with Crippen molar-refractivity contribution in [3.05, 3.63) is 60.1 Å². The van der Waals surface area contributed by atoms with Crippen LogP contribution in [0.4, 0.5) is 0 Å². The smallest absolute Gasteiger partial charge is 0.343 e. The number of hydrogen-bond acceptors (Lipinski definition) is 3. The van der Waals surface area contributed by atoms with E-state index in [0.717, 1.165) is 0 Å². The maximum Gasteiger partial charge on any atom is 0.343 e. The Bertz CT molecular complexity index is 404. The van der Waals surface area contributed by atoms with Gasteiger partial charge in [-0.3, -0.25) is 0 Å². The lowest BCUT2D eigenvalue weighted by Crippen LogP contribution is -2.06. The molecule has 0 spiro atoms. The molecule has 1 aliphatic heterocycles. The molecule has 0 aromatic heterocycles. The predicted molar refractivity (Wildman–Crippen MR) is 55.0 cm³/mol. The van der Waals surface area contributed by atoms with Gasteiger partial charge in [0.1, 0.15) is 12.4 Å². The third-order valence-electron chi connectivity index (χ3n) is 1.93. The minimum atomic E-state index is -0.353. The van der Waals surface area contributed by atoms with E-state index in [-0.39, 0.29) is 5.97 Å². The molecule has 0 fully saturated rings. The van der Waals surface area contributed by atoms with E-state index >= 15 is 0 Å². The van der Waals surface area contributed by atoms with Crippen LogP contribution in [-0.4, -0.2) is 12.6 Å². The first kappa shape index (κ1) is 9.52. The van der Waals surface area contributed by atoms with E-state index in [4.69, 9.17) is 9.47 Å². The summed E-state index contributed by atoms with van der Waals surface area (Å²) < 4.78 is 10.1. The Labute approximate surface area is 87.6 Å². The fourth-order valence-electron chi connectivity index (χ4n) is 1.18. The summed E-state index contributed by atoms with van der Waals surface area (Å²) in [7, 11) is 0. The molecule has 3 heteroatoms. The van der Waals surface area contributed by atoms with Crippen LogP contribution in [0.1, 0.15) is 10.4 Å². The molecular weight excluding hydrogens is 192 g/mol. The van der Waals surface area contributed by atoms with Crippen LogP contribution in [0.25, 0.3) is 0 Å². The van der Waals surface area contributed by atoms with Gasteiger partial charge in [0.15, 0.2) is 0 Å². The van der Waals surface area contributed by atoms with Gasteiger partial charge in [0.2, 0.25) is 0 Å². The second-order valence-corrected chi connectivity index (χ2v) is 3.00. The lowest BCUT2D eigenvalue weighted by molar-refractivity contribution is 0.0630. The van der Waals surface area contributed by atoms with Crippen LogP contribution in [0.15, 0.2) is 54.5 Å². The predicted octanol–water partition coefficient (Wildman–Crippen LogP) is 2.27. The summed E-state index contributed by atoms with van der Waals surface area (Å²) in [5.74, 6) is 0.170. The highest BCUT2D eigenvalue weighted by atomic mass is 16.5. The zero-order chi connectivity index (χ0) is 10.5. The zero-order valence-electron chi connectivity index (χ0n) is 8.05. The molecule has 0 amide bonds. The molecule has 1 aromatic carbocycles. The van der Waals surface area contributed by atoms with Gasteiger partial charge in [-0.2, -0.15) is 0 Å². The Kier molecular flexibility index (Phi) is 2.83. The Morgan fingerprint density at radius 2 is 2.07 bits per heavy atom. The molecule has 0 bridgehead atoms. The fraction of sp³-hybridized carbons (Fsp3) is 0.0833. The first-order valence-electron chi connectivity index (χ1n) is 4.62. The number of allylic oxidation sites excluding steroid dienone is 1. The van der Waals surface area contributed by atoms with E-state index in [1.54, 1.807) is 36.4 Å². The van der Waals surface area contributed by atoms with Crippen LogP contribution >= 0.6 is 0 Å². The summed E-state index contributed by atoms with van der Waals surface area (Å²) in [6.07, 6.45) is 4.83. The molecule has 0 atom stereocenters. The Balaban J connectivity index is 2.04. The van der Waals surface area contributed by atoms with Crippen LogP contribution in [0.3, 0.4) is 0 Å². The lowest BCUT2D eigenvalue weighted by Gasteiger charge is -2.08. The Morgan fingerprint density at radius 3 is 2.73 bits per heavy atom. The van der Waals surface area contributed by atoms with Crippen LogP contribution in [-0.2, 0) is 9.47 Å². The standard InChI is InChI=1S/C12H10O3/c13-12(10-4-2-1-3-5-10)15-11-6-8-14-9-7-11/h1-8H,9H2. The minimum absolute atomic E-state index is 0.353. The largest absolute Gasteiger partial charge is 0.497 e. The topological polar surface area (TPSA) is 35.5 Å². The second-order valence-electron chi connectivity index (χ2n) is 3.00. The van der Waals surface area contributed by atoms with Gasteiger partial charge in [0.05, 0.1) is 11.8 Å². The molecule has 0 saturated heterocycles. The molecule has 76 valence electrons. The molecule has 2 rings (SSSR count). The van der Waals surface area contributed by atoms with E-state index in [1.165, 1.54) is 6.26 Å². The molecule has 1 aliphatic rings. The quantitative estimate of drug-likeness (QED) is 0.690. The molecule has 1 heterocycles. The van der Waals surface area contributed by atoms with Gasteiger partial charge in [0.25, 0.3) is 0 Å². The molecule has 15 heavy (non-hydrogen) atoms. The highest BCUT2D eigenvalue weighted by Crippen LogP contribution is 2.09. The molecule has 0 radical (unpaired) electrons. The first-order valence-corrected chi connectivity index (χ1v) is 4.62. The Hall–Kier alpha value is -2.03. The number of ether oxygens (including phenoxy) is 2. The van der Waals surface area contributed by atoms with Crippen molar-refractivity contribution in [2.45, 2.75) is 0 Å². The van der Waals surface area contributed by atoms with E-state index in [0.29, 0.717) is 17.9 Å². The number of carbonyl (C=O) groups is 1. The van der Waals surface area contributed by atoms with Gasteiger partial charge in [-0.25, -0.2) is 4.79 Å². The lowest BCUT2D eigenvalue weighted by atomic mass is 10.2. The number of rotatable bonds is 2. The summed E-state index contributed by atoms with van der Waals surface area (Å²) in [4.78, 5) is 11.6. The minimum Gasteiger partial charge on any atom is -0.497 e. The zero-order valence-corrected chi connectivity index (χ0v) is 8.05. The second kappa shape index (κ2) is 4.46.